The molecule has 0 saturated carbocycles. The van der Waals surface area contributed by atoms with E-state index in [1.54, 1.807) is 0 Å². The summed E-state index contributed by atoms with van der Waals surface area (Å²) in [5.74, 6) is 0. The van der Waals surface area contributed by atoms with E-state index >= 15 is 0 Å². The molecule has 0 spiro atoms. The van der Waals surface area contributed by atoms with Crippen LogP contribution in [0.1, 0.15) is 0 Å². The third-order valence-electron chi connectivity index (χ3n) is 12.6. The maximum Gasteiger partial charge on any atom is 0.0541 e. The highest BCUT2D eigenvalue weighted by molar-refractivity contribution is 6.13. The van der Waals surface area contributed by atoms with Crippen LogP contribution in [0.2, 0.25) is 0 Å². The molecule has 1 heterocycles. The summed E-state index contributed by atoms with van der Waals surface area (Å²) in [5.41, 5.74) is 14.1. The molecule has 0 aliphatic heterocycles. The molecule has 1 aromatic heterocycles. The number of aromatic nitrogens is 1. The van der Waals surface area contributed by atoms with Crippen LogP contribution in [0.15, 0.2) is 243 Å². The summed E-state index contributed by atoms with van der Waals surface area (Å²) in [7, 11) is 0. The van der Waals surface area contributed by atoms with E-state index in [0.29, 0.717) is 0 Å². The van der Waals surface area contributed by atoms with Gasteiger partial charge in [0.05, 0.1) is 28.1 Å². The van der Waals surface area contributed by atoms with E-state index in [9.17, 15) is 0 Å². The first kappa shape index (κ1) is 35.7. The van der Waals surface area contributed by atoms with Gasteiger partial charge in [0.25, 0.3) is 0 Å². The fourth-order valence-electron chi connectivity index (χ4n) is 9.81. The summed E-state index contributed by atoms with van der Waals surface area (Å²) in [6.07, 6.45) is 0. The highest BCUT2D eigenvalue weighted by Crippen LogP contribution is 2.47. The van der Waals surface area contributed by atoms with E-state index in [4.69, 9.17) is 0 Å². The third kappa shape index (κ3) is 5.80. The van der Waals surface area contributed by atoms with Gasteiger partial charge in [-0.3, -0.25) is 0 Å². The predicted molar refractivity (Wildman–Crippen MR) is 264 cm³/mol. The SMILES string of the molecule is c1ccc(-c2ccc(N(c3ccc(-c4cccc5ccccc45)cc3)c3ccc(-c4ccccc4-n4c5ccccc5c5ccccc54)c4ccccc34)c3ccccc23)cc1. The van der Waals surface area contributed by atoms with Crippen LogP contribution < -0.4 is 4.90 Å². The molecule has 62 heavy (non-hydrogen) atoms. The lowest BCUT2D eigenvalue weighted by molar-refractivity contribution is 1.18. The number of hydrogen-bond donors (Lipinski definition) is 0. The summed E-state index contributed by atoms with van der Waals surface area (Å²) >= 11 is 0. The summed E-state index contributed by atoms with van der Waals surface area (Å²) < 4.78 is 2.44. The maximum atomic E-state index is 2.47. The van der Waals surface area contributed by atoms with Crippen LogP contribution in [-0.4, -0.2) is 4.57 Å². The van der Waals surface area contributed by atoms with E-state index in [2.05, 4.69) is 252 Å². The molecule has 290 valence electrons. The summed E-state index contributed by atoms with van der Waals surface area (Å²) in [6.45, 7) is 0. The molecule has 0 saturated heterocycles. The van der Waals surface area contributed by atoms with Crippen molar-refractivity contribution in [3.8, 4) is 39.1 Å². The van der Waals surface area contributed by atoms with Gasteiger partial charge in [-0.1, -0.05) is 200 Å². The minimum absolute atomic E-state index is 1.09. The summed E-state index contributed by atoms with van der Waals surface area (Å²) in [6, 6.07) is 88.5. The van der Waals surface area contributed by atoms with E-state index in [1.165, 1.54) is 87.5 Å². The monoisotopic (exact) mass is 788 g/mol. The predicted octanol–water partition coefficient (Wildman–Crippen LogP) is 16.7. The van der Waals surface area contributed by atoms with Crippen molar-refractivity contribution < 1.29 is 0 Å². The fourth-order valence-corrected chi connectivity index (χ4v) is 9.81. The van der Waals surface area contributed by atoms with Crippen molar-refractivity contribution in [2.45, 2.75) is 0 Å². The minimum Gasteiger partial charge on any atom is -0.309 e. The molecular formula is C60H40N2. The molecule has 2 nitrogen and oxygen atoms in total. The number of hydrogen-bond acceptors (Lipinski definition) is 1. The molecule has 0 bridgehead atoms. The van der Waals surface area contributed by atoms with Crippen LogP contribution in [0, 0.1) is 0 Å². The van der Waals surface area contributed by atoms with Crippen molar-refractivity contribution in [1.82, 2.24) is 4.57 Å². The van der Waals surface area contributed by atoms with Crippen LogP contribution in [-0.2, 0) is 0 Å². The molecule has 0 fully saturated rings. The topological polar surface area (TPSA) is 8.17 Å². The standard InChI is InChI=1S/C60H40N2/c1-2-17-41(18-3-1)47-37-39-59(51-24-8-6-22-48(47)51)61(44-35-33-43(34-36-44)46-29-16-20-42-19-4-5-21-45(42)46)60-40-38-50(49-23-7-9-25-52(49)60)53-26-10-13-30-56(53)62-57-31-14-11-27-54(57)55-28-12-15-32-58(55)62/h1-40H. The Labute approximate surface area is 360 Å². The van der Waals surface area contributed by atoms with E-state index in [1.807, 2.05) is 0 Å². The molecule has 0 radical (unpaired) electrons. The smallest absolute Gasteiger partial charge is 0.0541 e. The van der Waals surface area contributed by atoms with Gasteiger partial charge in [-0.15, -0.1) is 0 Å². The molecule has 0 atom stereocenters. The van der Waals surface area contributed by atoms with Gasteiger partial charge < -0.3 is 9.47 Å². The van der Waals surface area contributed by atoms with Crippen molar-refractivity contribution in [2.24, 2.45) is 0 Å². The first-order chi connectivity index (χ1) is 30.8. The Morgan fingerprint density at radius 2 is 0.710 bits per heavy atom. The molecule has 0 unspecified atom stereocenters. The quantitative estimate of drug-likeness (QED) is 0.156. The third-order valence-corrected chi connectivity index (χ3v) is 12.6. The Hall–Kier alpha value is -8.20. The Morgan fingerprint density at radius 3 is 1.39 bits per heavy atom. The van der Waals surface area contributed by atoms with E-state index < -0.39 is 0 Å². The summed E-state index contributed by atoms with van der Waals surface area (Å²) in [5, 5.41) is 9.79. The number of para-hydroxylation sites is 3. The Bertz CT molecular complexity index is 3580. The van der Waals surface area contributed by atoms with Gasteiger partial charge in [0.15, 0.2) is 0 Å². The van der Waals surface area contributed by atoms with Gasteiger partial charge in [-0.2, -0.15) is 0 Å². The number of nitrogens with zero attached hydrogens (tertiary/aromatic N) is 2. The Balaban J connectivity index is 1.08. The lowest BCUT2D eigenvalue weighted by Gasteiger charge is -2.29. The van der Waals surface area contributed by atoms with Crippen molar-refractivity contribution in [3.63, 3.8) is 0 Å². The van der Waals surface area contributed by atoms with Crippen molar-refractivity contribution >= 4 is 71.2 Å². The molecule has 0 amide bonds. The van der Waals surface area contributed by atoms with Gasteiger partial charge in [-0.25, -0.2) is 0 Å². The van der Waals surface area contributed by atoms with Gasteiger partial charge in [0.2, 0.25) is 0 Å². The highest BCUT2D eigenvalue weighted by Gasteiger charge is 2.22. The molecule has 2 heteroatoms. The zero-order chi connectivity index (χ0) is 41.0. The average molecular weight is 789 g/mol. The largest absolute Gasteiger partial charge is 0.309 e. The van der Waals surface area contributed by atoms with Crippen molar-refractivity contribution in [2.75, 3.05) is 4.90 Å². The second-order valence-electron chi connectivity index (χ2n) is 16.0. The molecule has 12 aromatic rings. The molecule has 11 aromatic carbocycles. The molecule has 0 aliphatic rings. The average Bonchev–Trinajstić information content (AvgIpc) is 3.69. The number of rotatable bonds is 7. The zero-order valence-corrected chi connectivity index (χ0v) is 34.0. The number of anilines is 3. The first-order valence-corrected chi connectivity index (χ1v) is 21.4. The second-order valence-corrected chi connectivity index (χ2v) is 16.0. The normalized spacial score (nSPS) is 11.5. The van der Waals surface area contributed by atoms with Gasteiger partial charge in [0, 0.05) is 32.8 Å². The maximum absolute atomic E-state index is 2.47. The lowest BCUT2D eigenvalue weighted by atomic mass is 9.93. The molecule has 0 aliphatic carbocycles. The molecule has 12 rings (SSSR count). The lowest BCUT2D eigenvalue weighted by Crippen LogP contribution is -2.11. The van der Waals surface area contributed by atoms with Gasteiger partial charge in [0.1, 0.15) is 0 Å². The Kier molecular flexibility index (Phi) is 8.53. The fraction of sp³-hybridized carbons (Fsp3) is 0. The van der Waals surface area contributed by atoms with Crippen molar-refractivity contribution in [3.05, 3.63) is 243 Å². The van der Waals surface area contributed by atoms with Crippen LogP contribution >= 0.6 is 0 Å². The number of benzene rings is 11. The highest BCUT2D eigenvalue weighted by atomic mass is 15.1. The zero-order valence-electron chi connectivity index (χ0n) is 34.0. The van der Waals surface area contributed by atoms with Crippen LogP contribution in [0.4, 0.5) is 17.1 Å². The van der Waals surface area contributed by atoms with Gasteiger partial charge in [-0.05, 0) is 91.8 Å². The summed E-state index contributed by atoms with van der Waals surface area (Å²) in [4.78, 5) is 2.47. The van der Waals surface area contributed by atoms with Crippen LogP contribution in [0.5, 0.6) is 0 Å². The first-order valence-electron chi connectivity index (χ1n) is 21.4. The van der Waals surface area contributed by atoms with Crippen LogP contribution in [0.3, 0.4) is 0 Å². The van der Waals surface area contributed by atoms with E-state index in [0.717, 1.165) is 22.7 Å². The second kappa shape index (κ2) is 14.8. The van der Waals surface area contributed by atoms with E-state index in [-0.39, 0.29) is 0 Å². The number of fused-ring (bicyclic) bond motifs is 6. The van der Waals surface area contributed by atoms with Crippen LogP contribution in [0.25, 0.3) is 93.2 Å². The molecular weight excluding hydrogens is 749 g/mol. The van der Waals surface area contributed by atoms with Gasteiger partial charge >= 0.3 is 0 Å². The van der Waals surface area contributed by atoms with Crippen molar-refractivity contribution in [1.29, 1.82) is 0 Å². The Morgan fingerprint density at radius 1 is 0.258 bits per heavy atom. The molecule has 0 N–H and O–H groups in total. The minimum atomic E-state index is 1.09.